The molecule has 1 aromatic carbocycles. The van der Waals surface area contributed by atoms with E-state index in [4.69, 9.17) is 10.2 Å². The van der Waals surface area contributed by atoms with Gasteiger partial charge in [0.05, 0.1) is 5.56 Å². The van der Waals surface area contributed by atoms with Crippen molar-refractivity contribution in [1.29, 1.82) is 0 Å². The summed E-state index contributed by atoms with van der Waals surface area (Å²) in [6.07, 6.45) is -5.39. The van der Waals surface area contributed by atoms with Gasteiger partial charge in [-0.2, -0.15) is 0 Å². The molecule has 20 heavy (non-hydrogen) atoms. The summed E-state index contributed by atoms with van der Waals surface area (Å²) >= 11 is 0. The van der Waals surface area contributed by atoms with Gasteiger partial charge in [-0.15, -0.1) is 0 Å². The number of benzene rings is 1. The lowest BCUT2D eigenvalue weighted by Crippen LogP contribution is -2.36. The van der Waals surface area contributed by atoms with Crippen LogP contribution in [0.1, 0.15) is 10.4 Å². The first-order valence-electron chi connectivity index (χ1n) is 5.14. The summed E-state index contributed by atoms with van der Waals surface area (Å²) in [7, 11) is -4.47. The third-order valence-corrected chi connectivity index (χ3v) is 3.70. The molecule has 0 saturated heterocycles. The number of nitrogens with one attached hydrogen (secondary N) is 1. The van der Waals surface area contributed by atoms with Gasteiger partial charge in [0, 0.05) is 6.54 Å². The molecule has 112 valence electrons. The van der Waals surface area contributed by atoms with Gasteiger partial charge >= 0.3 is 5.97 Å². The molecule has 0 aromatic heterocycles. The Labute approximate surface area is 111 Å². The Hall–Kier alpha value is -1.65. The van der Waals surface area contributed by atoms with Gasteiger partial charge in [-0.1, -0.05) is 0 Å². The average molecular weight is 313 g/mol. The van der Waals surface area contributed by atoms with Crippen molar-refractivity contribution in [2.75, 3.05) is 6.54 Å². The van der Waals surface area contributed by atoms with E-state index in [1.165, 1.54) is 0 Å². The van der Waals surface area contributed by atoms with E-state index in [0.29, 0.717) is 12.1 Å². The molecule has 0 aliphatic heterocycles. The molecule has 1 aromatic rings. The Balaban J connectivity index is 2.96. The minimum atomic E-state index is -4.47. The largest absolute Gasteiger partial charge is 0.478 e. The zero-order valence-corrected chi connectivity index (χ0v) is 10.6. The Morgan fingerprint density at radius 3 is 2.40 bits per heavy atom. The number of carbonyl (C=O) groups is 1. The number of carboxylic acid groups (broad SMARTS) is 1. The normalized spacial score (nSPS) is 13.4. The van der Waals surface area contributed by atoms with E-state index in [0.717, 1.165) is 6.07 Å². The lowest BCUT2D eigenvalue weighted by atomic mass is 10.2. The monoisotopic (exact) mass is 313 g/mol. The number of hydrogen-bond donors (Lipinski definition) is 3. The number of aliphatic hydroxyl groups is 1. The van der Waals surface area contributed by atoms with Gasteiger partial charge in [0.2, 0.25) is 10.0 Å². The van der Waals surface area contributed by atoms with Gasteiger partial charge in [-0.25, -0.2) is 31.1 Å². The molecule has 0 spiro atoms. The third kappa shape index (κ3) is 3.92. The van der Waals surface area contributed by atoms with Crippen molar-refractivity contribution in [1.82, 2.24) is 4.72 Å². The number of halogens is 3. The number of aromatic carboxylic acids is 1. The minimum absolute atomic E-state index is 0.464. The first kappa shape index (κ1) is 16.4. The molecule has 0 bridgehead atoms. The molecule has 1 atom stereocenters. The molecule has 0 aliphatic carbocycles. The topological polar surface area (TPSA) is 104 Å². The first-order valence-corrected chi connectivity index (χ1v) is 6.62. The van der Waals surface area contributed by atoms with E-state index in [2.05, 4.69) is 0 Å². The summed E-state index contributed by atoms with van der Waals surface area (Å²) in [6.45, 7) is -1.000. The molecule has 0 fully saturated rings. The van der Waals surface area contributed by atoms with Crippen LogP contribution in [0.5, 0.6) is 0 Å². The Bertz CT molecular complexity index is 605. The second-order valence-electron chi connectivity index (χ2n) is 3.70. The van der Waals surface area contributed by atoms with Crippen molar-refractivity contribution in [3.63, 3.8) is 0 Å². The summed E-state index contributed by atoms with van der Waals surface area (Å²) < 4.78 is 62.3. The summed E-state index contributed by atoms with van der Waals surface area (Å²) in [6, 6.07) is 2.03. The second kappa shape index (κ2) is 6.20. The Morgan fingerprint density at radius 1 is 1.35 bits per heavy atom. The van der Waals surface area contributed by atoms with Gasteiger partial charge in [0.1, 0.15) is 16.8 Å². The van der Waals surface area contributed by atoms with Crippen LogP contribution in [-0.4, -0.2) is 43.7 Å². The van der Waals surface area contributed by atoms with Gasteiger partial charge in [-0.3, -0.25) is 0 Å². The van der Waals surface area contributed by atoms with E-state index in [1.807, 2.05) is 0 Å². The van der Waals surface area contributed by atoms with Crippen LogP contribution >= 0.6 is 0 Å². The number of rotatable bonds is 6. The van der Waals surface area contributed by atoms with Crippen molar-refractivity contribution < 1.29 is 36.6 Å². The van der Waals surface area contributed by atoms with Crippen LogP contribution in [0.2, 0.25) is 0 Å². The zero-order chi connectivity index (χ0) is 15.5. The van der Waals surface area contributed by atoms with Crippen LogP contribution in [0.15, 0.2) is 23.1 Å². The molecule has 6 nitrogen and oxygen atoms in total. The highest BCUT2D eigenvalue weighted by molar-refractivity contribution is 7.89. The molecule has 0 heterocycles. The molecule has 0 saturated carbocycles. The smallest absolute Gasteiger partial charge is 0.335 e. The number of aliphatic hydroxyl groups excluding tert-OH is 1. The number of sulfonamides is 1. The first-order chi connectivity index (χ1) is 9.15. The summed E-state index contributed by atoms with van der Waals surface area (Å²) in [5.74, 6) is -2.79. The van der Waals surface area contributed by atoms with E-state index in [-0.39, 0.29) is 0 Å². The van der Waals surface area contributed by atoms with Crippen LogP contribution in [0, 0.1) is 5.82 Å². The Morgan fingerprint density at radius 2 is 1.95 bits per heavy atom. The molecular formula is C10H10F3NO5S. The molecule has 1 rings (SSSR count). The van der Waals surface area contributed by atoms with Crippen LogP contribution < -0.4 is 4.72 Å². The maximum Gasteiger partial charge on any atom is 0.335 e. The van der Waals surface area contributed by atoms with Crippen LogP contribution in [0.25, 0.3) is 0 Å². The van der Waals surface area contributed by atoms with Crippen molar-refractivity contribution in [3.05, 3.63) is 29.6 Å². The summed E-state index contributed by atoms with van der Waals surface area (Å²) in [5, 5.41) is 17.4. The average Bonchev–Trinajstić information content (AvgIpc) is 2.35. The minimum Gasteiger partial charge on any atom is -0.478 e. The van der Waals surface area contributed by atoms with Gasteiger partial charge in [0.25, 0.3) is 6.43 Å². The maximum atomic E-state index is 13.5. The highest BCUT2D eigenvalue weighted by Gasteiger charge is 2.24. The van der Waals surface area contributed by atoms with E-state index in [9.17, 15) is 26.4 Å². The summed E-state index contributed by atoms with van der Waals surface area (Å²) in [4.78, 5) is 9.66. The van der Waals surface area contributed by atoms with Crippen molar-refractivity contribution in [2.45, 2.75) is 17.4 Å². The van der Waals surface area contributed by atoms with E-state index in [1.54, 1.807) is 4.72 Å². The fraction of sp³-hybridized carbons (Fsp3) is 0.300. The molecule has 0 amide bonds. The second-order valence-corrected chi connectivity index (χ2v) is 5.44. The molecule has 0 radical (unpaired) electrons. The van der Waals surface area contributed by atoms with Crippen molar-refractivity contribution >= 4 is 16.0 Å². The SMILES string of the molecule is O=C(O)c1ccc(S(=O)(=O)NCC(O)C(F)F)c(F)c1. The van der Waals surface area contributed by atoms with Gasteiger partial charge in [-0.05, 0) is 18.2 Å². The number of alkyl halides is 2. The molecule has 10 heteroatoms. The molecule has 0 aliphatic rings. The third-order valence-electron chi connectivity index (χ3n) is 2.24. The summed E-state index contributed by atoms with van der Waals surface area (Å²) in [5.41, 5.74) is -0.464. The molecule has 1 unspecified atom stereocenters. The standard InChI is InChI=1S/C10H10F3NO5S/c11-6-3-5(10(16)17)1-2-8(6)20(18,19)14-4-7(15)9(12)13/h1-3,7,9,14-15H,4H2,(H,16,17). The van der Waals surface area contributed by atoms with Crippen molar-refractivity contribution in [2.24, 2.45) is 0 Å². The maximum absolute atomic E-state index is 13.5. The number of hydrogen-bond acceptors (Lipinski definition) is 4. The lowest BCUT2D eigenvalue weighted by molar-refractivity contribution is -0.000457. The quantitative estimate of drug-likeness (QED) is 0.706. The van der Waals surface area contributed by atoms with Gasteiger partial charge in [0.15, 0.2) is 0 Å². The van der Waals surface area contributed by atoms with Crippen LogP contribution in [-0.2, 0) is 10.0 Å². The van der Waals surface area contributed by atoms with Gasteiger partial charge < -0.3 is 10.2 Å². The van der Waals surface area contributed by atoms with Crippen LogP contribution in [0.3, 0.4) is 0 Å². The van der Waals surface area contributed by atoms with Crippen molar-refractivity contribution in [3.8, 4) is 0 Å². The fourth-order valence-corrected chi connectivity index (χ4v) is 2.32. The number of carboxylic acids is 1. The van der Waals surface area contributed by atoms with E-state index < -0.39 is 51.3 Å². The highest BCUT2D eigenvalue weighted by atomic mass is 32.2. The van der Waals surface area contributed by atoms with E-state index >= 15 is 0 Å². The predicted octanol–water partition coefficient (Wildman–Crippen LogP) is 0.428. The predicted molar refractivity (Wildman–Crippen MR) is 60.6 cm³/mol. The Kier molecular flexibility index (Phi) is 5.09. The molecular weight excluding hydrogens is 303 g/mol. The zero-order valence-electron chi connectivity index (χ0n) is 9.76. The van der Waals surface area contributed by atoms with Crippen LogP contribution in [0.4, 0.5) is 13.2 Å². The fourth-order valence-electron chi connectivity index (χ4n) is 1.21. The molecule has 3 N–H and O–H groups in total. The highest BCUT2D eigenvalue weighted by Crippen LogP contribution is 2.16. The lowest BCUT2D eigenvalue weighted by Gasteiger charge is -2.11.